The highest BCUT2D eigenvalue weighted by molar-refractivity contribution is 8.00. The lowest BCUT2D eigenvalue weighted by Crippen LogP contribution is -2.47. The van der Waals surface area contributed by atoms with E-state index in [4.69, 9.17) is 21.1 Å². The van der Waals surface area contributed by atoms with Crippen molar-refractivity contribution in [1.29, 1.82) is 0 Å². The van der Waals surface area contributed by atoms with Crippen molar-refractivity contribution < 1.29 is 33.8 Å². The number of nitrogens with one attached hydrogen (secondary N) is 1. The molecule has 4 fully saturated rings. The summed E-state index contributed by atoms with van der Waals surface area (Å²) in [5.74, 6) is -3.74. The Balaban J connectivity index is 1.25. The minimum atomic E-state index is -1.20. The van der Waals surface area contributed by atoms with E-state index in [0.29, 0.717) is 43.5 Å². The van der Waals surface area contributed by atoms with Crippen LogP contribution in [0.4, 0.5) is 0 Å². The van der Waals surface area contributed by atoms with Crippen LogP contribution < -0.4 is 9.61 Å². The van der Waals surface area contributed by atoms with Gasteiger partial charge in [0.25, 0.3) is 5.91 Å². The largest absolute Gasteiger partial charge is 0.483 e. The number of carboxylic acid groups (broad SMARTS) is 1. The monoisotopic (exact) mass is 675 g/mol. The van der Waals surface area contributed by atoms with Crippen molar-refractivity contribution in [3.63, 3.8) is 0 Å². The minimum Gasteiger partial charge on any atom is -0.483 e. The summed E-state index contributed by atoms with van der Waals surface area (Å²) in [5, 5.41) is 11.1. The van der Waals surface area contributed by atoms with Crippen molar-refractivity contribution in [3.05, 3.63) is 43.3 Å². The van der Waals surface area contributed by atoms with Gasteiger partial charge in [0, 0.05) is 39.7 Å². The second-order valence-corrected chi connectivity index (χ2v) is 15.6. The van der Waals surface area contributed by atoms with Gasteiger partial charge in [-0.15, -0.1) is 11.8 Å². The quantitative estimate of drug-likeness (QED) is 0.403. The van der Waals surface area contributed by atoms with Crippen molar-refractivity contribution in [2.24, 2.45) is 35.5 Å². The molecule has 11 nitrogen and oxygen atoms in total. The predicted octanol–water partition coefficient (Wildman–Crippen LogP) is 3.30. The molecule has 3 amide bonds. The molecule has 7 rings (SSSR count). The number of halogens is 1. The Labute approximate surface area is 272 Å². The standard InChI is InChI=1S/C31H34ClN3O8S2/c1-13(2)9-18(30(39)40)35-28(37)23-16-11-17(24(23)29(35)38)25-22(16)21(26-27(44-25)33-31(41)45-26)15-10-14(32)3-4-19(15)43-12-20(36)34-5-7-42-8-6-34/h3-4,10,13,16-18,21-25H,5-9,11-12H2,1-2H3,(H,33,41)(H,39,40)/t16?,17?,18?,21-,22?,23?,24?,25?/m1/s1. The van der Waals surface area contributed by atoms with Gasteiger partial charge < -0.3 is 24.5 Å². The minimum absolute atomic E-state index is 0.0180. The number of thioether (sulfide) groups is 1. The number of thiazole rings is 1. The van der Waals surface area contributed by atoms with Crippen molar-refractivity contribution >= 4 is 58.4 Å². The number of carboxylic acids is 1. The van der Waals surface area contributed by atoms with Gasteiger partial charge >= 0.3 is 10.8 Å². The van der Waals surface area contributed by atoms with Gasteiger partial charge in [0.15, 0.2) is 6.61 Å². The maximum absolute atomic E-state index is 14.0. The van der Waals surface area contributed by atoms with Crippen LogP contribution in [0.25, 0.3) is 0 Å². The van der Waals surface area contributed by atoms with E-state index in [2.05, 4.69) is 4.98 Å². The highest BCUT2D eigenvalue weighted by Gasteiger charge is 2.70. The Hall–Kier alpha value is -2.87. The number of fused-ring (bicyclic) bond motifs is 9. The lowest BCUT2D eigenvalue weighted by Gasteiger charge is -2.43. The Morgan fingerprint density at radius 3 is 2.53 bits per heavy atom. The summed E-state index contributed by atoms with van der Waals surface area (Å²) in [6, 6.07) is 4.04. The zero-order valence-corrected chi connectivity index (χ0v) is 27.2. The van der Waals surface area contributed by atoms with Gasteiger partial charge in [0.1, 0.15) is 11.8 Å². The van der Waals surface area contributed by atoms with E-state index in [1.54, 1.807) is 28.8 Å². The first-order valence-corrected chi connectivity index (χ1v) is 17.4. The number of hydrogen-bond donors (Lipinski definition) is 2. The molecule has 7 unspecified atom stereocenters. The first-order valence-electron chi connectivity index (χ1n) is 15.3. The number of imide groups is 1. The first kappa shape index (κ1) is 30.8. The number of benzene rings is 1. The number of carbonyl (C=O) groups excluding carboxylic acids is 3. The van der Waals surface area contributed by atoms with E-state index in [1.165, 1.54) is 0 Å². The van der Waals surface area contributed by atoms with Crippen molar-refractivity contribution in [3.8, 4) is 5.75 Å². The number of likely N-dealkylation sites (tertiary alicyclic amines) is 1. The number of hydrogen-bond acceptors (Lipinski definition) is 9. The molecular weight excluding hydrogens is 642 g/mol. The van der Waals surface area contributed by atoms with Crippen LogP contribution in [-0.2, 0) is 23.9 Å². The van der Waals surface area contributed by atoms with Gasteiger partial charge in [-0.25, -0.2) is 4.79 Å². The number of rotatable bonds is 8. The Bertz CT molecular complexity index is 1620. The molecule has 8 atom stereocenters. The average molecular weight is 676 g/mol. The summed E-state index contributed by atoms with van der Waals surface area (Å²) in [4.78, 5) is 72.2. The van der Waals surface area contributed by atoms with Gasteiger partial charge in [-0.3, -0.25) is 24.1 Å². The van der Waals surface area contributed by atoms with Crippen molar-refractivity contribution in [1.82, 2.24) is 14.8 Å². The van der Waals surface area contributed by atoms with E-state index < -0.39 is 29.8 Å². The third-order valence-corrected chi connectivity index (χ3v) is 12.9. The fraction of sp³-hybridized carbons (Fsp3) is 0.581. The molecule has 2 aliphatic carbocycles. The van der Waals surface area contributed by atoms with E-state index in [9.17, 15) is 29.1 Å². The topological polar surface area (TPSA) is 146 Å². The molecule has 14 heteroatoms. The van der Waals surface area contributed by atoms with Crippen molar-refractivity contribution in [2.75, 3.05) is 32.9 Å². The molecule has 2 saturated heterocycles. The van der Waals surface area contributed by atoms with E-state index in [1.807, 2.05) is 19.9 Å². The fourth-order valence-electron chi connectivity index (χ4n) is 8.40. The highest BCUT2D eigenvalue weighted by Crippen LogP contribution is 2.69. The van der Waals surface area contributed by atoms with Gasteiger partial charge in [-0.05, 0) is 54.7 Å². The number of carbonyl (C=O) groups is 4. The number of ether oxygens (including phenoxy) is 2. The molecular formula is C31H34ClN3O8S2. The average Bonchev–Trinajstić information content (AvgIpc) is 3.74. The zero-order chi connectivity index (χ0) is 31.7. The molecule has 0 radical (unpaired) electrons. The molecule has 1 aromatic carbocycles. The summed E-state index contributed by atoms with van der Waals surface area (Å²) in [6.45, 7) is 5.52. The Kier molecular flexibility index (Phi) is 8.02. The molecule has 3 aliphatic heterocycles. The lowest BCUT2D eigenvalue weighted by molar-refractivity contribution is -0.156. The maximum atomic E-state index is 14.0. The number of morpholine rings is 1. The number of amides is 3. The molecule has 1 aromatic heterocycles. The number of H-pyrrole nitrogens is 1. The fourth-order valence-corrected chi connectivity index (χ4v) is 11.5. The van der Waals surface area contributed by atoms with Crippen LogP contribution >= 0.6 is 34.7 Å². The number of nitrogens with zero attached hydrogens (tertiary/aromatic N) is 2. The molecule has 5 aliphatic rings. The number of aromatic amines is 1. The Morgan fingerprint density at radius 1 is 1.13 bits per heavy atom. The Morgan fingerprint density at radius 2 is 1.84 bits per heavy atom. The van der Waals surface area contributed by atoms with E-state index in [0.717, 1.165) is 31.7 Å². The van der Waals surface area contributed by atoms with Crippen LogP contribution in [0.5, 0.6) is 5.75 Å². The van der Waals surface area contributed by atoms with Crippen LogP contribution in [0.2, 0.25) is 5.02 Å². The highest BCUT2D eigenvalue weighted by atomic mass is 35.5. The van der Waals surface area contributed by atoms with E-state index in [-0.39, 0.29) is 64.6 Å². The van der Waals surface area contributed by atoms with Crippen LogP contribution in [0.1, 0.15) is 43.0 Å². The van der Waals surface area contributed by atoms with Gasteiger partial charge in [0.05, 0.1) is 30.1 Å². The zero-order valence-electron chi connectivity index (χ0n) is 24.8. The summed E-state index contributed by atoms with van der Waals surface area (Å²) >= 11 is 9.21. The molecule has 2 aromatic rings. The summed E-state index contributed by atoms with van der Waals surface area (Å²) in [6.07, 6.45) is 0.851. The number of aromatic nitrogens is 1. The molecule has 2 bridgehead atoms. The maximum Gasteiger partial charge on any atom is 0.326 e. The van der Waals surface area contributed by atoms with Gasteiger partial charge in [0.2, 0.25) is 11.8 Å². The van der Waals surface area contributed by atoms with Crippen LogP contribution in [-0.4, -0.2) is 87.8 Å². The SMILES string of the molecule is CC(C)CC(C(=O)O)N1C(=O)C2C3CC(C2C1=O)C1C3Sc2[nH]c(=O)sc2[C@@H]1c1cc(Cl)ccc1OCC(=O)N1CCOCC1. The normalized spacial score (nSPS) is 30.8. The molecule has 240 valence electrons. The van der Waals surface area contributed by atoms with Crippen LogP contribution in [0.15, 0.2) is 28.0 Å². The van der Waals surface area contributed by atoms with Gasteiger partial charge in [-0.1, -0.05) is 36.8 Å². The second kappa shape index (κ2) is 11.7. The lowest BCUT2D eigenvalue weighted by atomic mass is 9.68. The second-order valence-electron chi connectivity index (χ2n) is 13.0. The number of aliphatic carboxylic acids is 1. The van der Waals surface area contributed by atoms with Crippen molar-refractivity contribution in [2.45, 2.75) is 48.9 Å². The molecule has 2 saturated carbocycles. The van der Waals surface area contributed by atoms with Crippen LogP contribution in [0, 0.1) is 35.5 Å². The van der Waals surface area contributed by atoms with Crippen LogP contribution in [0.3, 0.4) is 0 Å². The third-order valence-electron chi connectivity index (χ3n) is 10.1. The summed E-state index contributed by atoms with van der Waals surface area (Å²) < 4.78 is 11.5. The molecule has 45 heavy (non-hydrogen) atoms. The predicted molar refractivity (Wildman–Crippen MR) is 166 cm³/mol. The molecule has 2 N–H and O–H groups in total. The van der Waals surface area contributed by atoms with Gasteiger partial charge in [-0.2, -0.15) is 0 Å². The van der Waals surface area contributed by atoms with E-state index >= 15 is 0 Å². The smallest absolute Gasteiger partial charge is 0.326 e. The molecule has 0 spiro atoms. The molecule has 4 heterocycles. The first-order chi connectivity index (χ1) is 21.5. The summed E-state index contributed by atoms with van der Waals surface area (Å²) in [7, 11) is 0. The third kappa shape index (κ3) is 5.10. The summed E-state index contributed by atoms with van der Waals surface area (Å²) in [5.41, 5.74) is 0.727.